The molecule has 7 heteroatoms. The van der Waals surface area contributed by atoms with Gasteiger partial charge in [-0.1, -0.05) is 18.2 Å². The number of hydrogen-bond acceptors (Lipinski definition) is 4. The summed E-state index contributed by atoms with van der Waals surface area (Å²) < 4.78 is 35.4. The highest BCUT2D eigenvalue weighted by Gasteiger charge is 2.06. The van der Waals surface area contributed by atoms with Gasteiger partial charge in [0.2, 0.25) is 10.0 Å². The Balaban J connectivity index is 1.93. The summed E-state index contributed by atoms with van der Waals surface area (Å²) in [4.78, 5) is 0.0619. The number of phenols is 1. The van der Waals surface area contributed by atoms with Crippen LogP contribution >= 0.6 is 0 Å². The van der Waals surface area contributed by atoms with Crippen LogP contribution in [-0.4, -0.2) is 13.5 Å². The van der Waals surface area contributed by atoms with Crippen molar-refractivity contribution in [1.29, 1.82) is 0 Å². The Morgan fingerprint density at radius 2 is 1.62 bits per heavy atom. The number of nitrogens with two attached hydrogens (primary N) is 1. The minimum atomic E-state index is -3.68. The molecule has 0 aromatic heterocycles. The van der Waals surface area contributed by atoms with E-state index in [9.17, 15) is 12.8 Å². The molecule has 0 saturated carbocycles. The van der Waals surface area contributed by atoms with Gasteiger partial charge in [-0.05, 0) is 35.4 Å². The quantitative estimate of drug-likeness (QED) is 0.779. The Labute approximate surface area is 122 Å². The van der Waals surface area contributed by atoms with Crippen molar-refractivity contribution in [3.8, 4) is 5.75 Å². The molecule has 2 rings (SSSR count). The molecular formula is C14H15FN2O3S. The summed E-state index contributed by atoms with van der Waals surface area (Å²) in [5.74, 6) is -1.04. The summed E-state index contributed by atoms with van der Waals surface area (Å²) in [7, 11) is -3.68. The predicted molar refractivity (Wildman–Crippen MR) is 76.4 cm³/mol. The van der Waals surface area contributed by atoms with Crippen LogP contribution in [0.2, 0.25) is 0 Å². The van der Waals surface area contributed by atoms with Gasteiger partial charge in [-0.2, -0.15) is 0 Å². The highest BCUT2D eigenvalue weighted by Crippen LogP contribution is 2.16. The van der Waals surface area contributed by atoms with Gasteiger partial charge in [-0.3, -0.25) is 0 Å². The van der Waals surface area contributed by atoms with Crippen LogP contribution in [0.5, 0.6) is 5.75 Å². The molecule has 5 nitrogen and oxygen atoms in total. The molecule has 4 N–H and O–H groups in total. The van der Waals surface area contributed by atoms with Gasteiger partial charge in [-0.15, -0.1) is 0 Å². The SMILES string of the molecule is NS(=O)(=O)c1ccc(CNCc2ccc(O)c(F)c2)cc1. The van der Waals surface area contributed by atoms with E-state index in [0.717, 1.165) is 5.56 Å². The fraction of sp³-hybridized carbons (Fsp3) is 0.143. The molecule has 21 heavy (non-hydrogen) atoms. The van der Waals surface area contributed by atoms with E-state index in [-0.39, 0.29) is 10.6 Å². The predicted octanol–water partition coefficient (Wildman–Crippen LogP) is 1.47. The van der Waals surface area contributed by atoms with Gasteiger partial charge in [0.15, 0.2) is 11.6 Å². The van der Waals surface area contributed by atoms with Crippen LogP contribution in [0.4, 0.5) is 4.39 Å². The Morgan fingerprint density at radius 3 is 2.19 bits per heavy atom. The van der Waals surface area contributed by atoms with E-state index in [4.69, 9.17) is 10.2 Å². The number of aromatic hydroxyl groups is 1. The summed E-state index contributed by atoms with van der Waals surface area (Å²) in [6, 6.07) is 10.4. The second-order valence-corrected chi connectivity index (χ2v) is 6.14. The van der Waals surface area contributed by atoms with Crippen LogP contribution in [0.1, 0.15) is 11.1 Å². The first-order chi connectivity index (χ1) is 9.86. The third-order valence-electron chi connectivity index (χ3n) is 2.92. The zero-order chi connectivity index (χ0) is 15.5. The fourth-order valence-corrected chi connectivity index (χ4v) is 2.32. The first kappa shape index (κ1) is 15.4. The maximum absolute atomic E-state index is 13.1. The van der Waals surface area contributed by atoms with Crippen molar-refractivity contribution >= 4 is 10.0 Å². The van der Waals surface area contributed by atoms with E-state index < -0.39 is 15.8 Å². The Morgan fingerprint density at radius 1 is 1.05 bits per heavy atom. The lowest BCUT2D eigenvalue weighted by atomic mass is 10.2. The molecule has 2 aromatic rings. The Bertz CT molecular complexity index is 730. The smallest absolute Gasteiger partial charge is 0.238 e. The second-order valence-electron chi connectivity index (χ2n) is 4.58. The normalized spacial score (nSPS) is 11.5. The minimum Gasteiger partial charge on any atom is -0.505 e. The van der Waals surface area contributed by atoms with Gasteiger partial charge in [0.05, 0.1) is 4.90 Å². The average Bonchev–Trinajstić information content (AvgIpc) is 2.42. The molecule has 0 unspecified atom stereocenters. The van der Waals surface area contributed by atoms with E-state index >= 15 is 0 Å². The van der Waals surface area contributed by atoms with Gasteiger partial charge in [0.25, 0.3) is 0 Å². The highest BCUT2D eigenvalue weighted by atomic mass is 32.2. The summed E-state index contributed by atoms with van der Waals surface area (Å²) in [5, 5.41) is 17.2. The molecule has 0 atom stereocenters. The summed E-state index contributed by atoms with van der Waals surface area (Å²) in [6.45, 7) is 0.918. The highest BCUT2D eigenvalue weighted by molar-refractivity contribution is 7.89. The van der Waals surface area contributed by atoms with E-state index in [0.29, 0.717) is 18.7 Å². The zero-order valence-electron chi connectivity index (χ0n) is 11.1. The minimum absolute atomic E-state index is 0.0619. The molecule has 0 bridgehead atoms. The van der Waals surface area contributed by atoms with Crippen molar-refractivity contribution in [3.05, 3.63) is 59.4 Å². The number of nitrogens with one attached hydrogen (secondary N) is 1. The third kappa shape index (κ3) is 4.25. The molecule has 0 radical (unpaired) electrons. The molecule has 0 aliphatic heterocycles. The number of benzene rings is 2. The molecule has 0 spiro atoms. The van der Waals surface area contributed by atoms with Crippen LogP contribution in [0.3, 0.4) is 0 Å². The topological polar surface area (TPSA) is 92.4 Å². The van der Waals surface area contributed by atoms with Crippen LogP contribution in [-0.2, 0) is 23.1 Å². The van der Waals surface area contributed by atoms with Crippen LogP contribution in [0.15, 0.2) is 47.4 Å². The molecule has 0 saturated heterocycles. The summed E-state index contributed by atoms with van der Waals surface area (Å²) >= 11 is 0. The first-order valence-electron chi connectivity index (χ1n) is 6.16. The lowest BCUT2D eigenvalue weighted by Gasteiger charge is -2.06. The van der Waals surface area contributed by atoms with Crippen molar-refractivity contribution in [1.82, 2.24) is 5.32 Å². The zero-order valence-corrected chi connectivity index (χ0v) is 11.9. The van der Waals surface area contributed by atoms with Gasteiger partial charge in [0, 0.05) is 13.1 Å². The van der Waals surface area contributed by atoms with Crippen molar-refractivity contribution in [2.45, 2.75) is 18.0 Å². The Kier molecular flexibility index (Phi) is 4.56. The molecule has 0 amide bonds. The number of rotatable bonds is 5. The molecule has 0 fully saturated rings. The van der Waals surface area contributed by atoms with Crippen molar-refractivity contribution in [2.24, 2.45) is 5.14 Å². The van der Waals surface area contributed by atoms with Crippen LogP contribution < -0.4 is 10.5 Å². The molecular weight excluding hydrogens is 295 g/mol. The Hall–Kier alpha value is -1.96. The van der Waals surface area contributed by atoms with E-state index in [2.05, 4.69) is 5.32 Å². The van der Waals surface area contributed by atoms with Gasteiger partial charge in [-0.25, -0.2) is 17.9 Å². The number of phenolic OH excluding ortho intramolecular Hbond substituents is 1. The summed E-state index contributed by atoms with van der Waals surface area (Å²) in [6.07, 6.45) is 0. The first-order valence-corrected chi connectivity index (χ1v) is 7.71. The van der Waals surface area contributed by atoms with Gasteiger partial charge in [0.1, 0.15) is 0 Å². The average molecular weight is 310 g/mol. The lowest BCUT2D eigenvalue weighted by molar-refractivity contribution is 0.431. The third-order valence-corrected chi connectivity index (χ3v) is 3.85. The lowest BCUT2D eigenvalue weighted by Crippen LogP contribution is -2.14. The second kappa shape index (κ2) is 6.21. The van der Waals surface area contributed by atoms with E-state index in [1.54, 1.807) is 18.2 Å². The number of halogens is 1. The largest absolute Gasteiger partial charge is 0.505 e. The van der Waals surface area contributed by atoms with E-state index in [1.807, 2.05) is 0 Å². The summed E-state index contributed by atoms with van der Waals surface area (Å²) in [5.41, 5.74) is 1.58. The number of primary sulfonamides is 1. The number of sulfonamides is 1. The molecule has 0 heterocycles. The van der Waals surface area contributed by atoms with Crippen molar-refractivity contribution in [3.63, 3.8) is 0 Å². The molecule has 0 aliphatic rings. The maximum atomic E-state index is 13.1. The van der Waals surface area contributed by atoms with Gasteiger partial charge < -0.3 is 10.4 Å². The standard InChI is InChI=1S/C14H15FN2O3S/c15-13-7-11(3-6-14(13)18)9-17-8-10-1-4-12(5-2-10)21(16,19)20/h1-7,17-18H,8-9H2,(H2,16,19,20). The van der Waals surface area contributed by atoms with Crippen LogP contribution in [0.25, 0.3) is 0 Å². The van der Waals surface area contributed by atoms with Crippen molar-refractivity contribution in [2.75, 3.05) is 0 Å². The fourth-order valence-electron chi connectivity index (χ4n) is 1.81. The van der Waals surface area contributed by atoms with Gasteiger partial charge >= 0.3 is 0 Å². The molecule has 112 valence electrons. The van der Waals surface area contributed by atoms with E-state index in [1.165, 1.54) is 24.3 Å². The molecule has 0 aliphatic carbocycles. The molecule has 2 aromatic carbocycles. The monoisotopic (exact) mass is 310 g/mol. The number of hydrogen-bond donors (Lipinski definition) is 3. The van der Waals surface area contributed by atoms with Crippen LogP contribution in [0, 0.1) is 5.82 Å². The maximum Gasteiger partial charge on any atom is 0.238 e. The van der Waals surface area contributed by atoms with Crippen molar-refractivity contribution < 1.29 is 17.9 Å².